The average molecular weight is 431 g/mol. The molecule has 2 aliphatic rings. The number of allylic oxidation sites excluding steroid dienone is 1. The van der Waals surface area contributed by atoms with E-state index in [1.807, 2.05) is 30.3 Å². The van der Waals surface area contributed by atoms with Gasteiger partial charge in [-0.05, 0) is 36.6 Å². The van der Waals surface area contributed by atoms with Gasteiger partial charge in [0.15, 0.2) is 5.82 Å². The molecule has 0 saturated carbocycles. The molecule has 4 aromatic rings. The van der Waals surface area contributed by atoms with E-state index in [0.717, 1.165) is 51.9 Å². The van der Waals surface area contributed by atoms with E-state index < -0.39 is 0 Å². The van der Waals surface area contributed by atoms with Crippen LogP contribution in [-0.4, -0.2) is 42.1 Å². The summed E-state index contributed by atoms with van der Waals surface area (Å²) in [6, 6.07) is 8.59. The van der Waals surface area contributed by atoms with Gasteiger partial charge in [0, 0.05) is 60.8 Å². The quantitative estimate of drug-likeness (QED) is 0.533. The molecule has 0 radical (unpaired) electrons. The summed E-state index contributed by atoms with van der Waals surface area (Å²) < 4.78 is 3.95. The highest BCUT2D eigenvalue weighted by Crippen LogP contribution is 2.29. The molecule has 0 amide bonds. The zero-order chi connectivity index (χ0) is 20.8. The van der Waals surface area contributed by atoms with Crippen molar-refractivity contribution in [3.8, 4) is 11.1 Å². The molecule has 1 fully saturated rings. The van der Waals surface area contributed by atoms with Crippen LogP contribution in [0, 0.1) is 0 Å². The minimum atomic E-state index is 0.716. The van der Waals surface area contributed by atoms with Gasteiger partial charge in [-0.25, -0.2) is 4.68 Å². The van der Waals surface area contributed by atoms with Crippen molar-refractivity contribution in [1.29, 1.82) is 0 Å². The van der Waals surface area contributed by atoms with Gasteiger partial charge in [0.2, 0.25) is 5.16 Å². The number of hydrogen-bond acceptors (Lipinski definition) is 7. The first-order chi connectivity index (χ1) is 15.2. The second kappa shape index (κ2) is 7.42. The van der Waals surface area contributed by atoms with Gasteiger partial charge in [-0.3, -0.25) is 14.7 Å². The van der Waals surface area contributed by atoms with Crippen molar-refractivity contribution in [2.75, 3.05) is 17.4 Å². The Morgan fingerprint density at radius 1 is 1.16 bits per heavy atom. The number of benzene rings is 1. The number of aromatic nitrogens is 6. The number of fused-ring (bicyclic) bond motifs is 2. The highest BCUT2D eigenvalue weighted by Gasteiger charge is 2.25. The number of pyridine rings is 1. The molecule has 156 valence electrons. The fraction of sp³-hybridized carbons (Fsp3) is 0.273. The van der Waals surface area contributed by atoms with Crippen LogP contribution in [-0.2, 0) is 13.5 Å². The maximum Gasteiger partial charge on any atom is 0.212 e. The van der Waals surface area contributed by atoms with Crippen LogP contribution in [0.1, 0.15) is 24.2 Å². The van der Waals surface area contributed by atoms with Crippen LogP contribution in [0.2, 0.25) is 0 Å². The lowest BCUT2D eigenvalue weighted by Crippen LogP contribution is -2.27. The van der Waals surface area contributed by atoms with E-state index in [2.05, 4.69) is 65.7 Å². The zero-order valence-corrected chi connectivity index (χ0v) is 18.0. The zero-order valence-electron chi connectivity index (χ0n) is 17.2. The maximum absolute atomic E-state index is 4.64. The molecule has 0 bridgehead atoms. The highest BCUT2D eigenvalue weighted by atomic mass is 32.2. The molecule has 1 N–H and O–H groups in total. The molecule has 3 aromatic heterocycles. The van der Waals surface area contributed by atoms with Crippen molar-refractivity contribution in [3.05, 3.63) is 66.1 Å². The molecule has 2 aliphatic heterocycles. The number of aryl methyl sites for hydroxylation is 1. The summed E-state index contributed by atoms with van der Waals surface area (Å²) in [5, 5.41) is 20.9. The van der Waals surface area contributed by atoms with E-state index in [1.165, 1.54) is 17.7 Å². The van der Waals surface area contributed by atoms with Crippen molar-refractivity contribution in [3.63, 3.8) is 0 Å². The Hall–Kier alpha value is -3.33. The molecule has 0 aliphatic carbocycles. The van der Waals surface area contributed by atoms with Crippen LogP contribution in [0.25, 0.3) is 22.0 Å². The third-order valence-corrected chi connectivity index (χ3v) is 6.59. The summed E-state index contributed by atoms with van der Waals surface area (Å²) >= 11 is 1.72. The van der Waals surface area contributed by atoms with E-state index in [1.54, 1.807) is 11.8 Å². The van der Waals surface area contributed by atoms with E-state index >= 15 is 0 Å². The third-order valence-electron chi connectivity index (χ3n) is 5.69. The largest absolute Gasteiger partial charge is 0.387 e. The van der Waals surface area contributed by atoms with Gasteiger partial charge >= 0.3 is 0 Å². The Labute approximate surface area is 184 Å². The smallest absolute Gasteiger partial charge is 0.212 e. The van der Waals surface area contributed by atoms with Crippen LogP contribution < -0.4 is 10.3 Å². The van der Waals surface area contributed by atoms with Crippen LogP contribution in [0.5, 0.6) is 0 Å². The average Bonchev–Trinajstić information content (AvgIpc) is 3.56. The van der Waals surface area contributed by atoms with Crippen LogP contribution in [0.3, 0.4) is 0 Å². The standard InChI is InChI=1S/C22H22N8S/c1-28-12-18(11-25-28)17-9-16-7-15(4-5-20(16)24-10-17)8-21-26-27-22-30(21)29(14-31-22)13-19-3-2-6-23-19/h4-5,7,9-13,23H,2-3,6,8,14H2,1H3/b19-13+. The van der Waals surface area contributed by atoms with Crippen LogP contribution in [0.4, 0.5) is 0 Å². The van der Waals surface area contributed by atoms with Crippen molar-refractivity contribution in [1.82, 2.24) is 35.0 Å². The molecule has 0 unspecified atom stereocenters. The molecule has 9 heteroatoms. The van der Waals surface area contributed by atoms with E-state index in [4.69, 9.17) is 0 Å². The molecule has 8 nitrogen and oxygen atoms in total. The maximum atomic E-state index is 4.64. The first-order valence-corrected chi connectivity index (χ1v) is 11.4. The molecule has 5 heterocycles. The lowest BCUT2D eigenvalue weighted by molar-refractivity contribution is 0.666. The number of rotatable bonds is 4. The lowest BCUT2D eigenvalue weighted by atomic mass is 10.0. The summed E-state index contributed by atoms with van der Waals surface area (Å²) in [4.78, 5) is 4.64. The highest BCUT2D eigenvalue weighted by molar-refractivity contribution is 7.99. The molecular formula is C22H22N8S. The fourth-order valence-corrected chi connectivity index (χ4v) is 5.01. The fourth-order valence-electron chi connectivity index (χ4n) is 4.14. The minimum Gasteiger partial charge on any atom is -0.387 e. The summed E-state index contributed by atoms with van der Waals surface area (Å²) in [5.74, 6) is 1.81. The summed E-state index contributed by atoms with van der Waals surface area (Å²) in [5.41, 5.74) is 5.60. The number of nitrogens with one attached hydrogen (secondary N) is 1. The molecule has 1 aromatic carbocycles. The van der Waals surface area contributed by atoms with Gasteiger partial charge in [-0.15, -0.1) is 10.2 Å². The molecular weight excluding hydrogens is 408 g/mol. The van der Waals surface area contributed by atoms with Gasteiger partial charge in [0.25, 0.3) is 0 Å². The second-order valence-electron chi connectivity index (χ2n) is 7.94. The molecule has 0 spiro atoms. The molecule has 1 saturated heterocycles. The summed E-state index contributed by atoms with van der Waals surface area (Å²) in [6.07, 6.45) is 11.0. The Morgan fingerprint density at radius 2 is 2.13 bits per heavy atom. The van der Waals surface area contributed by atoms with E-state index in [9.17, 15) is 0 Å². The van der Waals surface area contributed by atoms with Gasteiger partial charge in [0.05, 0.1) is 17.6 Å². The predicted octanol–water partition coefficient (Wildman–Crippen LogP) is 3.04. The SMILES string of the molecule is Cn1cc(-c2cnc3ccc(Cc4nnc5n4N(/C=C4\CCCN4)CS5)cc3c2)cn1. The van der Waals surface area contributed by atoms with E-state index in [-0.39, 0.29) is 0 Å². The molecule has 31 heavy (non-hydrogen) atoms. The Balaban J connectivity index is 1.31. The topological polar surface area (TPSA) is 76.7 Å². The van der Waals surface area contributed by atoms with Crippen molar-refractivity contribution >= 4 is 22.7 Å². The first kappa shape index (κ1) is 18.4. The van der Waals surface area contributed by atoms with E-state index in [0.29, 0.717) is 6.42 Å². The second-order valence-corrected chi connectivity index (χ2v) is 8.85. The summed E-state index contributed by atoms with van der Waals surface area (Å²) in [6.45, 7) is 1.06. The lowest BCUT2D eigenvalue weighted by Gasteiger charge is -2.17. The Kier molecular flexibility index (Phi) is 4.41. The third kappa shape index (κ3) is 3.44. The first-order valence-electron chi connectivity index (χ1n) is 10.4. The number of nitrogens with zero attached hydrogens (tertiary/aromatic N) is 7. The van der Waals surface area contributed by atoms with Gasteiger partial charge in [0.1, 0.15) is 0 Å². The Bertz CT molecular complexity index is 1300. The van der Waals surface area contributed by atoms with Gasteiger partial charge < -0.3 is 5.32 Å². The van der Waals surface area contributed by atoms with Crippen LogP contribution in [0.15, 0.2) is 59.9 Å². The normalized spacial score (nSPS) is 16.9. The Morgan fingerprint density at radius 3 is 2.97 bits per heavy atom. The molecule has 0 atom stereocenters. The minimum absolute atomic E-state index is 0.716. The van der Waals surface area contributed by atoms with Gasteiger partial charge in [-0.2, -0.15) is 5.10 Å². The predicted molar refractivity (Wildman–Crippen MR) is 121 cm³/mol. The van der Waals surface area contributed by atoms with Gasteiger partial charge in [-0.1, -0.05) is 17.8 Å². The van der Waals surface area contributed by atoms with Crippen molar-refractivity contribution in [2.45, 2.75) is 24.4 Å². The van der Waals surface area contributed by atoms with Crippen LogP contribution >= 0.6 is 11.8 Å². The van der Waals surface area contributed by atoms with Crippen molar-refractivity contribution in [2.24, 2.45) is 7.05 Å². The monoisotopic (exact) mass is 430 g/mol. The molecule has 6 rings (SSSR count). The summed E-state index contributed by atoms with van der Waals surface area (Å²) in [7, 11) is 1.92. The number of hydrogen-bond donors (Lipinski definition) is 1. The van der Waals surface area contributed by atoms with Crippen molar-refractivity contribution < 1.29 is 0 Å². The number of thioether (sulfide) groups is 1.